The SMILES string of the molecule is CCC(N)C(C)c1cc(C)cc2ncnn12. The zero-order valence-corrected chi connectivity index (χ0v) is 10.0. The number of hydrogen-bond donors (Lipinski definition) is 1. The van der Waals surface area contributed by atoms with Gasteiger partial charge in [-0.1, -0.05) is 13.8 Å². The second-order valence-corrected chi connectivity index (χ2v) is 4.35. The van der Waals surface area contributed by atoms with E-state index in [1.807, 2.05) is 10.6 Å². The van der Waals surface area contributed by atoms with E-state index in [0.29, 0.717) is 0 Å². The highest BCUT2D eigenvalue weighted by Crippen LogP contribution is 2.21. The van der Waals surface area contributed by atoms with Crippen molar-refractivity contribution in [3.05, 3.63) is 29.7 Å². The van der Waals surface area contributed by atoms with E-state index in [2.05, 4.69) is 36.9 Å². The van der Waals surface area contributed by atoms with Crippen LogP contribution in [0.25, 0.3) is 5.65 Å². The van der Waals surface area contributed by atoms with Crippen LogP contribution in [0.5, 0.6) is 0 Å². The van der Waals surface area contributed by atoms with Crippen LogP contribution in [0.1, 0.15) is 37.4 Å². The Morgan fingerprint density at radius 3 is 2.88 bits per heavy atom. The number of fused-ring (bicyclic) bond motifs is 1. The van der Waals surface area contributed by atoms with Gasteiger partial charge in [0, 0.05) is 17.7 Å². The number of aryl methyl sites for hydroxylation is 1. The van der Waals surface area contributed by atoms with Gasteiger partial charge in [-0.25, -0.2) is 9.50 Å². The molecule has 2 atom stereocenters. The first-order valence-corrected chi connectivity index (χ1v) is 5.69. The van der Waals surface area contributed by atoms with Gasteiger partial charge in [-0.05, 0) is 31.0 Å². The summed E-state index contributed by atoms with van der Waals surface area (Å²) in [6.45, 7) is 6.32. The van der Waals surface area contributed by atoms with Gasteiger partial charge in [-0.3, -0.25) is 0 Å². The normalized spacial score (nSPS) is 15.2. The minimum Gasteiger partial charge on any atom is -0.327 e. The maximum atomic E-state index is 6.10. The molecule has 0 amide bonds. The van der Waals surface area contributed by atoms with Crippen molar-refractivity contribution in [2.24, 2.45) is 5.73 Å². The predicted octanol–water partition coefficient (Wildman–Crippen LogP) is 1.88. The number of nitrogens with zero attached hydrogens (tertiary/aromatic N) is 3. The van der Waals surface area contributed by atoms with Gasteiger partial charge >= 0.3 is 0 Å². The summed E-state index contributed by atoms with van der Waals surface area (Å²) in [4.78, 5) is 4.22. The van der Waals surface area contributed by atoms with Gasteiger partial charge in [-0.2, -0.15) is 5.10 Å². The molecule has 0 aliphatic rings. The standard InChI is InChI=1S/C12H18N4/c1-4-10(13)9(3)11-5-8(2)6-12-14-7-15-16(11)12/h5-7,9-10H,4,13H2,1-3H3. The van der Waals surface area contributed by atoms with Crippen LogP contribution >= 0.6 is 0 Å². The summed E-state index contributed by atoms with van der Waals surface area (Å²) in [6, 6.07) is 4.33. The second-order valence-electron chi connectivity index (χ2n) is 4.35. The quantitative estimate of drug-likeness (QED) is 0.855. The lowest BCUT2D eigenvalue weighted by atomic mass is 9.95. The zero-order valence-electron chi connectivity index (χ0n) is 10.0. The molecule has 16 heavy (non-hydrogen) atoms. The first-order valence-electron chi connectivity index (χ1n) is 5.69. The van der Waals surface area contributed by atoms with E-state index in [9.17, 15) is 0 Å². The summed E-state index contributed by atoms with van der Waals surface area (Å²) in [5.41, 5.74) is 9.33. The van der Waals surface area contributed by atoms with E-state index in [4.69, 9.17) is 5.73 Å². The molecule has 86 valence electrons. The molecule has 4 nitrogen and oxygen atoms in total. The monoisotopic (exact) mass is 218 g/mol. The van der Waals surface area contributed by atoms with Crippen LogP contribution in [0.2, 0.25) is 0 Å². The Bertz CT molecular complexity index is 489. The first-order chi connectivity index (χ1) is 7.63. The minimum absolute atomic E-state index is 0.161. The van der Waals surface area contributed by atoms with Crippen molar-refractivity contribution in [3.8, 4) is 0 Å². The van der Waals surface area contributed by atoms with Gasteiger partial charge in [0.15, 0.2) is 5.65 Å². The fourth-order valence-electron chi connectivity index (χ4n) is 1.98. The Kier molecular flexibility index (Phi) is 2.92. The highest BCUT2D eigenvalue weighted by atomic mass is 15.3. The lowest BCUT2D eigenvalue weighted by Gasteiger charge is -2.19. The second kappa shape index (κ2) is 4.22. The fourth-order valence-corrected chi connectivity index (χ4v) is 1.98. The summed E-state index contributed by atoms with van der Waals surface area (Å²) >= 11 is 0. The molecule has 2 aromatic rings. The summed E-state index contributed by atoms with van der Waals surface area (Å²) < 4.78 is 1.88. The van der Waals surface area contributed by atoms with Gasteiger partial charge in [0.25, 0.3) is 0 Å². The lowest BCUT2D eigenvalue weighted by Crippen LogP contribution is -2.27. The van der Waals surface area contributed by atoms with Crippen LogP contribution in [-0.2, 0) is 0 Å². The molecule has 0 saturated carbocycles. The molecule has 0 saturated heterocycles. The molecular formula is C12H18N4. The van der Waals surface area contributed by atoms with Gasteiger partial charge < -0.3 is 5.73 Å². The molecular weight excluding hydrogens is 200 g/mol. The summed E-state index contributed by atoms with van der Waals surface area (Å²) in [6.07, 6.45) is 2.55. The van der Waals surface area contributed by atoms with Crippen LogP contribution in [0.15, 0.2) is 18.5 Å². The number of hydrogen-bond acceptors (Lipinski definition) is 3. The smallest absolute Gasteiger partial charge is 0.155 e. The molecule has 2 heterocycles. The average Bonchev–Trinajstić information content (AvgIpc) is 2.73. The Morgan fingerprint density at radius 1 is 1.44 bits per heavy atom. The predicted molar refractivity (Wildman–Crippen MR) is 64.4 cm³/mol. The Morgan fingerprint density at radius 2 is 2.19 bits per heavy atom. The van der Waals surface area contributed by atoms with Crippen LogP contribution < -0.4 is 5.73 Å². The Labute approximate surface area is 95.5 Å². The van der Waals surface area contributed by atoms with Crippen molar-refractivity contribution in [3.63, 3.8) is 0 Å². The van der Waals surface area contributed by atoms with Crippen molar-refractivity contribution >= 4 is 5.65 Å². The van der Waals surface area contributed by atoms with Gasteiger partial charge in [0.2, 0.25) is 0 Å². The number of rotatable bonds is 3. The van der Waals surface area contributed by atoms with E-state index in [1.165, 1.54) is 5.56 Å². The van der Waals surface area contributed by atoms with E-state index >= 15 is 0 Å². The Hall–Kier alpha value is -1.42. The van der Waals surface area contributed by atoms with E-state index in [1.54, 1.807) is 6.33 Å². The van der Waals surface area contributed by atoms with Crippen LogP contribution in [0, 0.1) is 6.92 Å². The third-order valence-corrected chi connectivity index (χ3v) is 3.13. The molecule has 2 aromatic heterocycles. The molecule has 2 N–H and O–H groups in total. The molecule has 0 aliphatic heterocycles. The van der Waals surface area contributed by atoms with Crippen LogP contribution in [0.3, 0.4) is 0 Å². The van der Waals surface area contributed by atoms with E-state index < -0.39 is 0 Å². The molecule has 4 heteroatoms. The molecule has 0 radical (unpaired) electrons. The Balaban J connectivity index is 2.53. The maximum absolute atomic E-state index is 6.10. The summed E-state index contributed by atoms with van der Waals surface area (Å²) in [5, 5.41) is 4.25. The van der Waals surface area contributed by atoms with Crippen LogP contribution in [-0.4, -0.2) is 20.6 Å². The maximum Gasteiger partial charge on any atom is 0.155 e. The van der Waals surface area contributed by atoms with Crippen molar-refractivity contribution in [2.45, 2.75) is 39.2 Å². The largest absolute Gasteiger partial charge is 0.327 e. The topological polar surface area (TPSA) is 56.2 Å². The fraction of sp³-hybridized carbons (Fsp3) is 0.500. The van der Waals surface area contributed by atoms with Gasteiger partial charge in [0.05, 0.1) is 0 Å². The molecule has 0 bridgehead atoms. The molecule has 0 aliphatic carbocycles. The van der Waals surface area contributed by atoms with E-state index in [0.717, 1.165) is 17.8 Å². The zero-order chi connectivity index (χ0) is 11.7. The highest BCUT2D eigenvalue weighted by Gasteiger charge is 2.17. The van der Waals surface area contributed by atoms with Crippen molar-refractivity contribution < 1.29 is 0 Å². The van der Waals surface area contributed by atoms with Crippen molar-refractivity contribution in [1.82, 2.24) is 14.6 Å². The number of nitrogens with two attached hydrogens (primary N) is 1. The first kappa shape index (κ1) is 11.1. The van der Waals surface area contributed by atoms with E-state index in [-0.39, 0.29) is 12.0 Å². The third kappa shape index (κ3) is 1.80. The molecule has 2 unspecified atom stereocenters. The summed E-state index contributed by atoms with van der Waals surface area (Å²) in [5.74, 6) is 0.286. The van der Waals surface area contributed by atoms with Gasteiger partial charge in [0.1, 0.15) is 6.33 Å². The molecule has 0 spiro atoms. The molecule has 0 aromatic carbocycles. The lowest BCUT2D eigenvalue weighted by molar-refractivity contribution is 0.530. The van der Waals surface area contributed by atoms with Crippen molar-refractivity contribution in [2.75, 3.05) is 0 Å². The number of pyridine rings is 1. The highest BCUT2D eigenvalue weighted by molar-refractivity contribution is 5.42. The third-order valence-electron chi connectivity index (χ3n) is 3.13. The molecule has 2 rings (SSSR count). The molecule has 0 fully saturated rings. The minimum atomic E-state index is 0.161. The van der Waals surface area contributed by atoms with Gasteiger partial charge in [-0.15, -0.1) is 0 Å². The average molecular weight is 218 g/mol. The summed E-state index contributed by atoms with van der Waals surface area (Å²) in [7, 11) is 0. The van der Waals surface area contributed by atoms with Crippen LogP contribution in [0.4, 0.5) is 0 Å². The van der Waals surface area contributed by atoms with Crippen molar-refractivity contribution in [1.29, 1.82) is 0 Å². The number of aromatic nitrogens is 3.